The second-order valence-electron chi connectivity index (χ2n) is 1.24. The second-order valence-corrected chi connectivity index (χ2v) is 1.68. The number of hydrogen-bond acceptors (Lipinski definition) is 3. The molecule has 11 heavy (non-hydrogen) atoms. The van der Waals surface area contributed by atoms with Gasteiger partial charge in [0.1, 0.15) is 0 Å². The molecule has 0 bridgehead atoms. The summed E-state index contributed by atoms with van der Waals surface area (Å²) in [4.78, 5) is 3.78. The Morgan fingerprint density at radius 1 is 1.27 bits per heavy atom. The number of hydrogen-bond donors (Lipinski definition) is 1. The van der Waals surface area contributed by atoms with Gasteiger partial charge in [0.25, 0.3) is 0 Å². The zero-order chi connectivity index (χ0) is 7.82. The van der Waals surface area contributed by atoms with Crippen molar-refractivity contribution < 1.29 is 42.9 Å². The Labute approximate surface area is 89.5 Å². The molecule has 0 fully saturated rings. The number of aromatic nitrogens is 1. The molecule has 56 valence electrons. The van der Waals surface area contributed by atoms with Gasteiger partial charge in [-0.2, -0.15) is 0 Å². The smallest absolute Gasteiger partial charge is 0.750 e. The first-order valence-electron chi connectivity index (χ1n) is 2.37. The van der Waals surface area contributed by atoms with Crippen LogP contribution in [-0.2, 0) is 11.4 Å². The molecule has 1 rings (SSSR count). The molecule has 0 aliphatic heterocycles. The SMILES string of the molecule is O=S([O-])O.[Na+].c1ccncc1. The minimum Gasteiger partial charge on any atom is -0.750 e. The zero-order valence-electron chi connectivity index (χ0n) is 6.01. The van der Waals surface area contributed by atoms with Gasteiger partial charge in [-0.25, -0.2) is 4.21 Å². The maximum absolute atomic E-state index is 8.56. The summed E-state index contributed by atoms with van der Waals surface area (Å²) in [6, 6.07) is 5.72. The van der Waals surface area contributed by atoms with E-state index in [0.29, 0.717) is 0 Å². The molecular formula is C5H6NNaO3S. The molecule has 1 aromatic rings. The topological polar surface area (TPSA) is 73.2 Å². The third-order valence-corrected chi connectivity index (χ3v) is 0.566. The molecule has 0 spiro atoms. The second kappa shape index (κ2) is 10.2. The summed E-state index contributed by atoms with van der Waals surface area (Å²) in [7, 11) is 0. The van der Waals surface area contributed by atoms with Crippen molar-refractivity contribution in [2.75, 3.05) is 0 Å². The third kappa shape index (κ3) is 17.8. The van der Waals surface area contributed by atoms with E-state index in [1.807, 2.05) is 18.2 Å². The molecule has 0 amide bonds. The van der Waals surface area contributed by atoms with Gasteiger partial charge in [0.05, 0.1) is 11.4 Å². The van der Waals surface area contributed by atoms with E-state index in [1.165, 1.54) is 0 Å². The summed E-state index contributed by atoms with van der Waals surface area (Å²) in [5.74, 6) is 0. The summed E-state index contributed by atoms with van der Waals surface area (Å²) in [5, 5.41) is 0. The van der Waals surface area contributed by atoms with Gasteiger partial charge in [0.2, 0.25) is 0 Å². The maximum Gasteiger partial charge on any atom is 1.00 e. The van der Waals surface area contributed by atoms with Crippen molar-refractivity contribution >= 4 is 11.4 Å². The van der Waals surface area contributed by atoms with Crippen molar-refractivity contribution in [2.45, 2.75) is 0 Å². The van der Waals surface area contributed by atoms with Crippen LogP contribution in [0.3, 0.4) is 0 Å². The van der Waals surface area contributed by atoms with E-state index in [4.69, 9.17) is 13.3 Å². The van der Waals surface area contributed by atoms with E-state index in [0.717, 1.165) is 0 Å². The minimum absolute atomic E-state index is 0. The van der Waals surface area contributed by atoms with Crippen molar-refractivity contribution in [1.82, 2.24) is 4.98 Å². The van der Waals surface area contributed by atoms with Crippen LogP contribution in [0.5, 0.6) is 0 Å². The van der Waals surface area contributed by atoms with E-state index in [1.54, 1.807) is 12.4 Å². The number of rotatable bonds is 0. The number of pyridine rings is 1. The molecule has 6 heteroatoms. The first-order valence-corrected chi connectivity index (χ1v) is 3.40. The van der Waals surface area contributed by atoms with Crippen LogP contribution in [0, 0.1) is 0 Å². The Balaban J connectivity index is 0. The van der Waals surface area contributed by atoms with E-state index in [2.05, 4.69) is 4.98 Å². The quantitative estimate of drug-likeness (QED) is 0.354. The molecule has 0 aliphatic rings. The fraction of sp³-hybridized carbons (Fsp3) is 0. The average molecular weight is 183 g/mol. The molecule has 0 saturated carbocycles. The minimum atomic E-state index is -2.86. The monoisotopic (exact) mass is 183 g/mol. The van der Waals surface area contributed by atoms with Crippen LogP contribution >= 0.6 is 0 Å². The van der Waals surface area contributed by atoms with Crippen molar-refractivity contribution in [3.05, 3.63) is 30.6 Å². The molecule has 4 nitrogen and oxygen atoms in total. The summed E-state index contributed by atoms with van der Waals surface area (Å²) >= 11 is -2.86. The van der Waals surface area contributed by atoms with Gasteiger partial charge in [-0.1, -0.05) is 6.07 Å². The predicted molar refractivity (Wildman–Crippen MR) is 35.8 cm³/mol. The molecule has 0 aromatic carbocycles. The Morgan fingerprint density at radius 3 is 1.73 bits per heavy atom. The van der Waals surface area contributed by atoms with Gasteiger partial charge in [-0.05, 0) is 12.1 Å². The van der Waals surface area contributed by atoms with Crippen LogP contribution in [0.15, 0.2) is 30.6 Å². The molecular weight excluding hydrogens is 177 g/mol. The Morgan fingerprint density at radius 2 is 1.64 bits per heavy atom. The van der Waals surface area contributed by atoms with E-state index < -0.39 is 11.4 Å². The van der Waals surface area contributed by atoms with Gasteiger partial charge in [-0.15, -0.1) is 0 Å². The molecule has 1 atom stereocenters. The molecule has 1 aromatic heterocycles. The predicted octanol–water partition coefficient (Wildman–Crippen LogP) is -2.58. The summed E-state index contributed by atoms with van der Waals surface area (Å²) in [6.45, 7) is 0. The largest absolute Gasteiger partial charge is 1.00 e. The van der Waals surface area contributed by atoms with Crippen LogP contribution in [0.1, 0.15) is 0 Å². The Bertz CT molecular complexity index is 154. The van der Waals surface area contributed by atoms with Gasteiger partial charge in [-0.3, -0.25) is 4.98 Å². The van der Waals surface area contributed by atoms with E-state index in [-0.39, 0.29) is 29.6 Å². The molecule has 1 N–H and O–H groups in total. The number of nitrogens with zero attached hydrogens (tertiary/aromatic N) is 1. The molecule has 0 saturated heterocycles. The van der Waals surface area contributed by atoms with Crippen molar-refractivity contribution in [1.29, 1.82) is 0 Å². The molecule has 1 unspecified atom stereocenters. The molecule has 0 aliphatic carbocycles. The van der Waals surface area contributed by atoms with Crippen LogP contribution < -0.4 is 29.6 Å². The van der Waals surface area contributed by atoms with E-state index >= 15 is 0 Å². The first kappa shape index (κ1) is 13.8. The van der Waals surface area contributed by atoms with Gasteiger partial charge in [0.15, 0.2) is 0 Å². The average Bonchev–Trinajstić information content (AvgIpc) is 1.90. The Kier molecular flexibility index (Phi) is 12.8. The summed E-state index contributed by atoms with van der Waals surface area (Å²) < 4.78 is 24.1. The fourth-order valence-electron chi connectivity index (χ4n) is 0.313. The van der Waals surface area contributed by atoms with Crippen LogP contribution in [-0.4, -0.2) is 18.3 Å². The normalized spacial score (nSPS) is 10.0. The van der Waals surface area contributed by atoms with E-state index in [9.17, 15) is 0 Å². The van der Waals surface area contributed by atoms with Crippen molar-refractivity contribution in [2.24, 2.45) is 0 Å². The van der Waals surface area contributed by atoms with Gasteiger partial charge in [0, 0.05) is 12.4 Å². The zero-order valence-corrected chi connectivity index (χ0v) is 8.82. The molecule has 1 heterocycles. The van der Waals surface area contributed by atoms with Gasteiger partial charge >= 0.3 is 29.6 Å². The summed E-state index contributed by atoms with van der Waals surface area (Å²) in [5.41, 5.74) is 0. The van der Waals surface area contributed by atoms with Crippen LogP contribution in [0.4, 0.5) is 0 Å². The van der Waals surface area contributed by atoms with Crippen molar-refractivity contribution in [3.8, 4) is 0 Å². The van der Waals surface area contributed by atoms with Crippen LogP contribution in [0.2, 0.25) is 0 Å². The summed E-state index contributed by atoms with van der Waals surface area (Å²) in [6.07, 6.45) is 3.50. The fourth-order valence-corrected chi connectivity index (χ4v) is 0.313. The molecule has 0 radical (unpaired) electrons. The third-order valence-electron chi connectivity index (χ3n) is 0.566. The van der Waals surface area contributed by atoms with Crippen LogP contribution in [0.25, 0.3) is 0 Å². The maximum atomic E-state index is 8.56. The first-order chi connectivity index (χ1) is 4.73. The van der Waals surface area contributed by atoms with Gasteiger partial charge < -0.3 is 9.11 Å². The van der Waals surface area contributed by atoms with Crippen molar-refractivity contribution in [3.63, 3.8) is 0 Å². The Hall–Kier alpha value is 0.220. The standard InChI is InChI=1S/C5H5N.Na.H2O3S/c1-2-4-6-5-3-1;;1-4(2)3/h1-5H;;(H2,1,2,3)/q;+1;/p-1.